The van der Waals surface area contributed by atoms with Crippen LogP contribution in [0.4, 0.5) is 4.79 Å². The number of nitrogens with zero attached hydrogens (tertiary/aromatic N) is 3. The van der Waals surface area contributed by atoms with E-state index < -0.39 is 5.60 Å². The topological polar surface area (TPSA) is 71.1 Å². The van der Waals surface area contributed by atoms with Crippen LogP contribution in [-0.2, 0) is 4.74 Å². The number of H-pyrrole nitrogens is 1. The standard InChI is InChI=1S/C21H28N4O2/c1-21(2,3)27-20(26)25-11-8-14(9-12-25)16-5-4-10-22-19(16)17-13-23-24-18(17)15-6-7-15/h4-5,10,13-15H,6-9,11-12H2,1-3H3,(H,23,24). The molecule has 0 aromatic carbocycles. The number of piperidine rings is 1. The van der Waals surface area contributed by atoms with Gasteiger partial charge >= 0.3 is 6.09 Å². The van der Waals surface area contributed by atoms with Crippen LogP contribution in [0.5, 0.6) is 0 Å². The van der Waals surface area contributed by atoms with Gasteiger partial charge in [0.05, 0.1) is 11.9 Å². The second-order valence-corrected chi connectivity index (χ2v) is 8.65. The first-order chi connectivity index (χ1) is 12.9. The van der Waals surface area contributed by atoms with E-state index in [-0.39, 0.29) is 6.09 Å². The maximum atomic E-state index is 12.3. The summed E-state index contributed by atoms with van der Waals surface area (Å²) in [6.45, 7) is 7.15. The molecule has 144 valence electrons. The number of carbonyl (C=O) groups excluding carboxylic acids is 1. The molecular formula is C21H28N4O2. The summed E-state index contributed by atoms with van der Waals surface area (Å²) >= 11 is 0. The van der Waals surface area contributed by atoms with Gasteiger partial charge in [0.25, 0.3) is 0 Å². The highest BCUT2D eigenvalue weighted by Crippen LogP contribution is 2.44. The fraction of sp³-hybridized carbons (Fsp3) is 0.571. The molecule has 6 heteroatoms. The molecular weight excluding hydrogens is 340 g/mol. The number of carbonyl (C=O) groups is 1. The van der Waals surface area contributed by atoms with Crippen LogP contribution < -0.4 is 0 Å². The molecule has 27 heavy (non-hydrogen) atoms. The van der Waals surface area contributed by atoms with E-state index in [1.165, 1.54) is 24.1 Å². The minimum Gasteiger partial charge on any atom is -0.444 e. The lowest BCUT2D eigenvalue weighted by Gasteiger charge is -2.34. The summed E-state index contributed by atoms with van der Waals surface area (Å²) < 4.78 is 5.51. The molecule has 1 aliphatic carbocycles. The van der Waals surface area contributed by atoms with Crippen molar-refractivity contribution in [3.63, 3.8) is 0 Å². The Kier molecular flexibility index (Phi) is 4.66. The highest BCUT2D eigenvalue weighted by Gasteiger charge is 2.32. The van der Waals surface area contributed by atoms with Crippen molar-refractivity contribution < 1.29 is 9.53 Å². The Labute approximate surface area is 160 Å². The van der Waals surface area contributed by atoms with Crippen LogP contribution >= 0.6 is 0 Å². The molecule has 2 aromatic rings. The van der Waals surface area contributed by atoms with Crippen molar-refractivity contribution in [1.82, 2.24) is 20.1 Å². The Morgan fingerprint density at radius 3 is 2.59 bits per heavy atom. The number of rotatable bonds is 3. The van der Waals surface area contributed by atoms with Crippen molar-refractivity contribution in [2.75, 3.05) is 13.1 Å². The molecule has 0 bridgehead atoms. The van der Waals surface area contributed by atoms with Crippen LogP contribution in [0.2, 0.25) is 0 Å². The highest BCUT2D eigenvalue weighted by molar-refractivity contribution is 5.69. The largest absolute Gasteiger partial charge is 0.444 e. The maximum absolute atomic E-state index is 12.3. The summed E-state index contributed by atoms with van der Waals surface area (Å²) in [5.74, 6) is 1.00. The summed E-state index contributed by atoms with van der Waals surface area (Å²) in [6.07, 6.45) is 7.87. The van der Waals surface area contributed by atoms with Crippen molar-refractivity contribution in [1.29, 1.82) is 0 Å². The van der Waals surface area contributed by atoms with Gasteiger partial charge in [0.1, 0.15) is 5.60 Å². The van der Waals surface area contributed by atoms with E-state index in [4.69, 9.17) is 9.72 Å². The van der Waals surface area contributed by atoms with Gasteiger partial charge in [-0.25, -0.2) is 4.79 Å². The zero-order valence-electron chi connectivity index (χ0n) is 16.4. The van der Waals surface area contributed by atoms with E-state index in [2.05, 4.69) is 16.3 Å². The zero-order valence-corrected chi connectivity index (χ0v) is 16.4. The number of aromatic amines is 1. The average Bonchev–Trinajstić information content (AvgIpc) is 3.37. The van der Waals surface area contributed by atoms with Crippen molar-refractivity contribution in [2.24, 2.45) is 0 Å². The van der Waals surface area contributed by atoms with Crippen LogP contribution in [-0.4, -0.2) is 44.9 Å². The van der Waals surface area contributed by atoms with E-state index in [1.54, 1.807) is 0 Å². The van der Waals surface area contributed by atoms with Gasteiger partial charge in [-0.05, 0) is 64.0 Å². The van der Waals surface area contributed by atoms with Crippen molar-refractivity contribution in [2.45, 2.75) is 63.9 Å². The lowest BCUT2D eigenvalue weighted by atomic mass is 9.87. The second kappa shape index (κ2) is 6.98. The minimum absolute atomic E-state index is 0.210. The molecule has 3 heterocycles. The lowest BCUT2D eigenvalue weighted by Crippen LogP contribution is -2.41. The van der Waals surface area contributed by atoms with Gasteiger partial charge in [-0.2, -0.15) is 5.10 Å². The SMILES string of the molecule is CC(C)(C)OC(=O)N1CCC(c2cccnc2-c2cn[nH]c2C2CC2)CC1. The molecule has 1 saturated carbocycles. The summed E-state index contributed by atoms with van der Waals surface area (Å²) in [7, 11) is 0. The van der Waals surface area contributed by atoms with E-state index in [0.29, 0.717) is 11.8 Å². The molecule has 6 nitrogen and oxygen atoms in total. The quantitative estimate of drug-likeness (QED) is 0.868. The molecule has 2 aliphatic rings. The summed E-state index contributed by atoms with van der Waals surface area (Å²) in [5, 5.41) is 7.46. The van der Waals surface area contributed by atoms with Gasteiger partial charge in [0, 0.05) is 36.5 Å². The number of amides is 1. The molecule has 0 radical (unpaired) electrons. The second-order valence-electron chi connectivity index (χ2n) is 8.65. The summed E-state index contributed by atoms with van der Waals surface area (Å²) in [5.41, 5.74) is 4.22. The number of pyridine rings is 1. The van der Waals surface area contributed by atoms with E-state index in [1.807, 2.05) is 44.1 Å². The predicted octanol–water partition coefficient (Wildman–Crippen LogP) is 4.46. The van der Waals surface area contributed by atoms with Gasteiger partial charge in [0.15, 0.2) is 0 Å². The molecule has 0 atom stereocenters. The van der Waals surface area contributed by atoms with Crippen LogP contribution in [0.25, 0.3) is 11.3 Å². The number of likely N-dealkylation sites (tertiary alicyclic amines) is 1. The molecule has 0 spiro atoms. The van der Waals surface area contributed by atoms with E-state index in [0.717, 1.165) is 37.2 Å². The van der Waals surface area contributed by atoms with E-state index in [9.17, 15) is 4.79 Å². The van der Waals surface area contributed by atoms with Crippen molar-refractivity contribution in [3.05, 3.63) is 35.8 Å². The van der Waals surface area contributed by atoms with Crippen LogP contribution in [0.3, 0.4) is 0 Å². The van der Waals surface area contributed by atoms with Crippen LogP contribution in [0.1, 0.15) is 69.5 Å². The molecule has 2 aromatic heterocycles. The molecule has 1 saturated heterocycles. The zero-order chi connectivity index (χ0) is 19.0. The van der Waals surface area contributed by atoms with Gasteiger partial charge < -0.3 is 9.64 Å². The van der Waals surface area contributed by atoms with E-state index >= 15 is 0 Å². The number of aromatic nitrogens is 3. The third kappa shape index (κ3) is 3.99. The molecule has 0 unspecified atom stereocenters. The third-order valence-corrected chi connectivity index (χ3v) is 5.33. The number of hydrogen-bond acceptors (Lipinski definition) is 4. The van der Waals surface area contributed by atoms with Crippen molar-refractivity contribution >= 4 is 6.09 Å². The highest BCUT2D eigenvalue weighted by atomic mass is 16.6. The fourth-order valence-corrected chi connectivity index (χ4v) is 3.84. The Balaban J connectivity index is 1.49. The molecule has 1 N–H and O–H groups in total. The van der Waals surface area contributed by atoms with Crippen LogP contribution in [0.15, 0.2) is 24.5 Å². The minimum atomic E-state index is -0.453. The van der Waals surface area contributed by atoms with Gasteiger partial charge in [-0.15, -0.1) is 0 Å². The number of ether oxygens (including phenoxy) is 1. The smallest absolute Gasteiger partial charge is 0.410 e. The van der Waals surface area contributed by atoms with Gasteiger partial charge in [-0.1, -0.05) is 6.07 Å². The Morgan fingerprint density at radius 2 is 1.93 bits per heavy atom. The Bertz CT molecular complexity index is 812. The molecule has 1 aliphatic heterocycles. The average molecular weight is 368 g/mol. The number of hydrogen-bond donors (Lipinski definition) is 1. The first kappa shape index (κ1) is 18.0. The molecule has 4 rings (SSSR count). The first-order valence-electron chi connectivity index (χ1n) is 9.89. The van der Waals surface area contributed by atoms with Gasteiger partial charge in [0.2, 0.25) is 0 Å². The monoisotopic (exact) mass is 368 g/mol. The third-order valence-electron chi connectivity index (χ3n) is 5.33. The van der Waals surface area contributed by atoms with Crippen molar-refractivity contribution in [3.8, 4) is 11.3 Å². The lowest BCUT2D eigenvalue weighted by molar-refractivity contribution is 0.0205. The first-order valence-corrected chi connectivity index (χ1v) is 9.89. The van der Waals surface area contributed by atoms with Gasteiger partial charge in [-0.3, -0.25) is 10.1 Å². The molecule has 1 amide bonds. The molecule has 2 fully saturated rings. The normalized spacial score (nSPS) is 18.6. The fourth-order valence-electron chi connectivity index (χ4n) is 3.84. The number of nitrogens with one attached hydrogen (secondary N) is 1. The summed E-state index contributed by atoms with van der Waals surface area (Å²) in [4.78, 5) is 18.8. The maximum Gasteiger partial charge on any atom is 0.410 e. The predicted molar refractivity (Wildman–Crippen MR) is 104 cm³/mol. The Hall–Kier alpha value is -2.37. The summed E-state index contributed by atoms with van der Waals surface area (Å²) in [6, 6.07) is 4.19. The Morgan fingerprint density at radius 1 is 1.19 bits per heavy atom. The van der Waals surface area contributed by atoms with Crippen LogP contribution in [0, 0.1) is 0 Å².